The molecule has 0 aliphatic heterocycles. The van der Waals surface area contributed by atoms with Crippen LogP contribution in [-0.4, -0.2) is 11.9 Å². The highest BCUT2D eigenvalue weighted by atomic mass is 15.1. The summed E-state index contributed by atoms with van der Waals surface area (Å²) in [5, 5.41) is 0. The highest BCUT2D eigenvalue weighted by molar-refractivity contribution is 5.36. The molecule has 120 valence electrons. The van der Waals surface area contributed by atoms with Crippen molar-refractivity contribution in [2.45, 2.75) is 34.6 Å². The zero-order chi connectivity index (χ0) is 17.0. The van der Waals surface area contributed by atoms with E-state index < -0.39 is 0 Å². The molecule has 1 heteroatoms. The van der Waals surface area contributed by atoms with Gasteiger partial charge >= 0.3 is 0 Å². The van der Waals surface area contributed by atoms with Gasteiger partial charge in [0.25, 0.3) is 0 Å². The first-order valence-electron chi connectivity index (χ1n) is 7.95. The van der Waals surface area contributed by atoms with E-state index in [1.807, 2.05) is 51.2 Å². The average Bonchev–Trinajstić information content (AvgIpc) is 2.69. The van der Waals surface area contributed by atoms with Crippen molar-refractivity contribution in [3.63, 3.8) is 0 Å². The summed E-state index contributed by atoms with van der Waals surface area (Å²) < 4.78 is 0. The Morgan fingerprint density at radius 3 is 2.45 bits per heavy atom. The van der Waals surface area contributed by atoms with Crippen LogP contribution < -0.4 is 0 Å². The van der Waals surface area contributed by atoms with Gasteiger partial charge in [0.15, 0.2) is 0 Å². The second kappa shape index (κ2) is 10.7. The summed E-state index contributed by atoms with van der Waals surface area (Å²) in [6.07, 6.45) is 22.8. The zero-order valence-electron chi connectivity index (χ0n) is 15.0. The predicted molar refractivity (Wildman–Crippen MR) is 101 cm³/mol. The summed E-state index contributed by atoms with van der Waals surface area (Å²) in [5.74, 6) is 0. The van der Waals surface area contributed by atoms with Gasteiger partial charge in [0.1, 0.15) is 0 Å². The van der Waals surface area contributed by atoms with Gasteiger partial charge in [0.2, 0.25) is 0 Å². The van der Waals surface area contributed by atoms with E-state index in [9.17, 15) is 0 Å². The average molecular weight is 297 g/mol. The molecule has 0 bridgehead atoms. The maximum absolute atomic E-state index is 3.79. The van der Waals surface area contributed by atoms with Crippen LogP contribution in [-0.2, 0) is 0 Å². The normalized spacial score (nSPS) is 17.0. The van der Waals surface area contributed by atoms with E-state index in [2.05, 4.69) is 68.8 Å². The molecule has 1 nitrogen and oxygen atoms in total. The number of hydrogen-bond acceptors (Lipinski definition) is 1. The number of hydrogen-bond donors (Lipinski definition) is 0. The first kappa shape index (κ1) is 20.0. The Morgan fingerprint density at radius 1 is 1.18 bits per heavy atom. The second-order valence-electron chi connectivity index (χ2n) is 5.38. The molecule has 0 aromatic carbocycles. The Balaban J connectivity index is 0.00000211. The van der Waals surface area contributed by atoms with E-state index in [0.29, 0.717) is 0 Å². The van der Waals surface area contributed by atoms with E-state index in [1.165, 1.54) is 0 Å². The Bertz CT molecular complexity index is 508. The van der Waals surface area contributed by atoms with Gasteiger partial charge in [-0.15, -0.1) is 0 Å². The molecule has 0 N–H and O–H groups in total. The summed E-state index contributed by atoms with van der Waals surface area (Å²) in [5.41, 5.74) is 2.36. The monoisotopic (exact) mass is 297 g/mol. The van der Waals surface area contributed by atoms with Gasteiger partial charge in [0, 0.05) is 23.9 Å². The van der Waals surface area contributed by atoms with Crippen molar-refractivity contribution in [2.75, 3.05) is 7.05 Å². The Labute approximate surface area is 137 Å². The lowest BCUT2D eigenvalue weighted by Crippen LogP contribution is -2.14. The minimum Gasteiger partial charge on any atom is -0.345 e. The SMILES string of the molecule is C=C\C=C(/C=C\C=C\C)N(C)C1=CC=CC(C)(C)C=C1.CC. The molecule has 0 spiro atoms. The fourth-order valence-electron chi connectivity index (χ4n) is 1.84. The quantitative estimate of drug-likeness (QED) is 0.547. The molecule has 0 saturated heterocycles. The Hall–Kier alpha value is -2.02. The molecule has 1 aliphatic rings. The number of rotatable bonds is 5. The molecule has 1 aliphatic carbocycles. The van der Waals surface area contributed by atoms with Crippen molar-refractivity contribution in [3.8, 4) is 0 Å². The van der Waals surface area contributed by atoms with Crippen LogP contribution in [0, 0.1) is 5.41 Å². The van der Waals surface area contributed by atoms with Crippen molar-refractivity contribution >= 4 is 0 Å². The summed E-state index contributed by atoms with van der Waals surface area (Å²) in [6.45, 7) is 14.2. The lowest BCUT2D eigenvalue weighted by molar-refractivity contribution is 0.551. The standard InChI is InChI=1S/C19H25N.C2H6/c1-6-8-9-12-17(11-7-2)20(5)18-13-10-15-19(3,4)16-14-18;1-2/h6-16H,2H2,1,3-5H3;1-2H3/b8-6+,12-9-,17-11+;. The molecular weight excluding hydrogens is 266 g/mol. The summed E-state index contributed by atoms with van der Waals surface area (Å²) in [6, 6.07) is 0. The van der Waals surface area contributed by atoms with Gasteiger partial charge in [-0.1, -0.05) is 76.8 Å². The van der Waals surface area contributed by atoms with E-state index in [1.54, 1.807) is 0 Å². The second-order valence-corrected chi connectivity index (χ2v) is 5.38. The molecule has 0 aromatic rings. The van der Waals surface area contributed by atoms with Gasteiger partial charge in [0.05, 0.1) is 0 Å². The maximum atomic E-state index is 3.79. The van der Waals surface area contributed by atoms with Gasteiger partial charge in [-0.05, 0) is 31.2 Å². The van der Waals surface area contributed by atoms with Crippen LogP contribution in [0.2, 0.25) is 0 Å². The smallest absolute Gasteiger partial charge is 0.0407 e. The van der Waals surface area contributed by atoms with E-state index in [-0.39, 0.29) is 5.41 Å². The van der Waals surface area contributed by atoms with Gasteiger partial charge in [-0.25, -0.2) is 0 Å². The lowest BCUT2D eigenvalue weighted by atomic mass is 9.93. The van der Waals surface area contributed by atoms with Gasteiger partial charge in [-0.3, -0.25) is 0 Å². The van der Waals surface area contributed by atoms with Crippen LogP contribution in [0.15, 0.2) is 84.8 Å². The molecule has 1 rings (SSSR count). The molecular formula is C21H31N. The van der Waals surface area contributed by atoms with Crippen molar-refractivity contribution in [3.05, 3.63) is 84.8 Å². The Kier molecular flexibility index (Phi) is 9.69. The molecule has 0 amide bonds. The van der Waals surface area contributed by atoms with Crippen molar-refractivity contribution < 1.29 is 0 Å². The van der Waals surface area contributed by atoms with Crippen LogP contribution in [0.4, 0.5) is 0 Å². The summed E-state index contributed by atoms with van der Waals surface area (Å²) in [4.78, 5) is 2.16. The molecule has 0 radical (unpaired) electrons. The highest BCUT2D eigenvalue weighted by Crippen LogP contribution is 2.24. The molecule has 0 unspecified atom stereocenters. The number of allylic oxidation sites excluding steroid dienone is 11. The van der Waals surface area contributed by atoms with Crippen LogP contribution in [0.1, 0.15) is 34.6 Å². The molecule has 22 heavy (non-hydrogen) atoms. The van der Waals surface area contributed by atoms with Crippen LogP contribution in [0.25, 0.3) is 0 Å². The molecule has 0 saturated carbocycles. The van der Waals surface area contributed by atoms with Crippen LogP contribution >= 0.6 is 0 Å². The zero-order valence-corrected chi connectivity index (χ0v) is 15.0. The third-order valence-corrected chi connectivity index (χ3v) is 3.11. The molecule has 0 aromatic heterocycles. The van der Waals surface area contributed by atoms with E-state index in [4.69, 9.17) is 0 Å². The maximum Gasteiger partial charge on any atom is 0.0407 e. The predicted octanol–water partition coefficient (Wildman–Crippen LogP) is 6.18. The summed E-state index contributed by atoms with van der Waals surface area (Å²) >= 11 is 0. The van der Waals surface area contributed by atoms with Gasteiger partial charge < -0.3 is 4.90 Å². The summed E-state index contributed by atoms with van der Waals surface area (Å²) in [7, 11) is 2.07. The molecule has 0 heterocycles. The van der Waals surface area contributed by atoms with Crippen LogP contribution in [0.5, 0.6) is 0 Å². The van der Waals surface area contributed by atoms with Crippen molar-refractivity contribution in [1.29, 1.82) is 0 Å². The minimum absolute atomic E-state index is 0.0994. The number of likely N-dealkylation sites (N-methyl/N-ethyl adjacent to an activating group) is 1. The highest BCUT2D eigenvalue weighted by Gasteiger charge is 2.12. The Morgan fingerprint density at radius 2 is 1.86 bits per heavy atom. The third-order valence-electron chi connectivity index (χ3n) is 3.11. The minimum atomic E-state index is 0.0994. The van der Waals surface area contributed by atoms with Crippen molar-refractivity contribution in [1.82, 2.24) is 4.90 Å². The third kappa shape index (κ3) is 7.12. The fraction of sp³-hybridized carbons (Fsp3) is 0.333. The van der Waals surface area contributed by atoms with Gasteiger partial charge in [-0.2, -0.15) is 0 Å². The van der Waals surface area contributed by atoms with E-state index >= 15 is 0 Å². The topological polar surface area (TPSA) is 3.24 Å². The van der Waals surface area contributed by atoms with E-state index in [0.717, 1.165) is 11.4 Å². The lowest BCUT2D eigenvalue weighted by Gasteiger charge is -2.21. The largest absolute Gasteiger partial charge is 0.345 e. The first-order chi connectivity index (χ1) is 10.5. The van der Waals surface area contributed by atoms with Crippen LogP contribution in [0.3, 0.4) is 0 Å². The van der Waals surface area contributed by atoms with Crippen molar-refractivity contribution in [2.24, 2.45) is 5.41 Å². The fourth-order valence-corrected chi connectivity index (χ4v) is 1.84. The molecule has 0 fully saturated rings. The molecule has 0 atom stereocenters. The number of nitrogens with zero attached hydrogens (tertiary/aromatic N) is 1. The first-order valence-corrected chi connectivity index (χ1v) is 7.95.